The molecule has 0 bridgehead atoms. The van der Waals surface area contributed by atoms with Gasteiger partial charge >= 0.3 is 0 Å². The molecule has 2 aromatic heterocycles. The fourth-order valence-electron chi connectivity index (χ4n) is 2.37. The van der Waals surface area contributed by atoms with E-state index in [9.17, 15) is 0 Å². The van der Waals surface area contributed by atoms with E-state index in [1.165, 1.54) is 11.1 Å². The Labute approximate surface area is 129 Å². The fourth-order valence-corrected chi connectivity index (χ4v) is 2.37. The lowest BCUT2D eigenvalue weighted by Gasteiger charge is -2.04. The number of aromatic nitrogens is 5. The van der Waals surface area contributed by atoms with Gasteiger partial charge < -0.3 is 0 Å². The van der Waals surface area contributed by atoms with Gasteiger partial charge in [0.05, 0.1) is 11.9 Å². The van der Waals surface area contributed by atoms with Crippen LogP contribution in [0, 0.1) is 27.7 Å². The summed E-state index contributed by atoms with van der Waals surface area (Å²) in [5, 5.41) is 16.9. The SMILES string of the molecule is Cc1ccc(/C=N\n2cnnc2-n2nc(C)cc2C)c(C)c1. The third-order valence-electron chi connectivity index (χ3n) is 3.46. The molecule has 0 amide bonds. The predicted molar refractivity (Wildman–Crippen MR) is 85.5 cm³/mol. The molecular formula is C16H18N6. The highest BCUT2D eigenvalue weighted by Gasteiger charge is 2.10. The molecule has 112 valence electrons. The van der Waals surface area contributed by atoms with Gasteiger partial charge in [-0.05, 0) is 44.9 Å². The van der Waals surface area contributed by atoms with Gasteiger partial charge in [-0.2, -0.15) is 14.9 Å². The molecule has 0 saturated carbocycles. The first-order valence-electron chi connectivity index (χ1n) is 7.10. The van der Waals surface area contributed by atoms with E-state index in [0.717, 1.165) is 17.0 Å². The average Bonchev–Trinajstić information content (AvgIpc) is 3.03. The van der Waals surface area contributed by atoms with E-state index < -0.39 is 0 Å². The number of hydrogen-bond acceptors (Lipinski definition) is 4. The lowest BCUT2D eigenvalue weighted by atomic mass is 10.1. The Bertz CT molecular complexity index is 840. The fraction of sp³-hybridized carbons (Fsp3) is 0.250. The minimum atomic E-state index is 0.576. The minimum absolute atomic E-state index is 0.576. The van der Waals surface area contributed by atoms with Gasteiger partial charge in [0.1, 0.15) is 6.33 Å². The van der Waals surface area contributed by atoms with Crippen molar-refractivity contribution in [1.29, 1.82) is 0 Å². The van der Waals surface area contributed by atoms with E-state index in [1.54, 1.807) is 15.7 Å². The van der Waals surface area contributed by atoms with E-state index in [0.29, 0.717) is 5.95 Å². The number of benzene rings is 1. The maximum atomic E-state index is 4.46. The minimum Gasteiger partial charge on any atom is -0.202 e. The van der Waals surface area contributed by atoms with Crippen LogP contribution >= 0.6 is 0 Å². The van der Waals surface area contributed by atoms with E-state index in [-0.39, 0.29) is 0 Å². The molecule has 0 fully saturated rings. The topological polar surface area (TPSA) is 60.9 Å². The summed E-state index contributed by atoms with van der Waals surface area (Å²) in [6.07, 6.45) is 3.39. The van der Waals surface area contributed by atoms with Crippen molar-refractivity contribution in [3.8, 4) is 5.95 Å². The molecule has 0 aliphatic carbocycles. The third kappa shape index (κ3) is 2.67. The lowest BCUT2D eigenvalue weighted by Crippen LogP contribution is -2.06. The number of nitrogens with zero attached hydrogens (tertiary/aromatic N) is 6. The van der Waals surface area contributed by atoms with Crippen LogP contribution in [-0.4, -0.2) is 30.9 Å². The Hall–Kier alpha value is -2.76. The molecule has 0 atom stereocenters. The second-order valence-electron chi connectivity index (χ2n) is 5.42. The molecule has 0 unspecified atom stereocenters. The van der Waals surface area contributed by atoms with Gasteiger partial charge in [-0.25, -0.2) is 4.68 Å². The van der Waals surface area contributed by atoms with Crippen molar-refractivity contribution in [3.63, 3.8) is 0 Å². The zero-order chi connectivity index (χ0) is 15.7. The first-order chi connectivity index (χ1) is 10.5. The summed E-state index contributed by atoms with van der Waals surface area (Å²) >= 11 is 0. The second kappa shape index (κ2) is 5.55. The maximum Gasteiger partial charge on any atom is 0.273 e. The largest absolute Gasteiger partial charge is 0.273 e. The molecule has 0 N–H and O–H groups in total. The zero-order valence-corrected chi connectivity index (χ0v) is 13.1. The summed E-state index contributed by atoms with van der Waals surface area (Å²) in [4.78, 5) is 0. The smallest absolute Gasteiger partial charge is 0.202 e. The molecule has 2 heterocycles. The quantitative estimate of drug-likeness (QED) is 0.698. The van der Waals surface area contributed by atoms with E-state index in [2.05, 4.69) is 52.4 Å². The van der Waals surface area contributed by atoms with E-state index in [4.69, 9.17) is 0 Å². The highest BCUT2D eigenvalue weighted by atomic mass is 15.5. The van der Waals surface area contributed by atoms with Gasteiger partial charge in [-0.1, -0.05) is 23.8 Å². The number of rotatable bonds is 3. The Balaban J connectivity index is 1.96. The lowest BCUT2D eigenvalue weighted by molar-refractivity contribution is 0.717. The molecule has 0 saturated heterocycles. The predicted octanol–water partition coefficient (Wildman–Crippen LogP) is 2.58. The molecule has 0 spiro atoms. The van der Waals surface area contributed by atoms with Gasteiger partial charge in [-0.3, -0.25) is 0 Å². The molecule has 6 nitrogen and oxygen atoms in total. The van der Waals surface area contributed by atoms with Crippen molar-refractivity contribution in [3.05, 3.63) is 58.7 Å². The van der Waals surface area contributed by atoms with Crippen molar-refractivity contribution < 1.29 is 0 Å². The Kier molecular flexibility index (Phi) is 3.58. The summed E-state index contributed by atoms with van der Waals surface area (Å²) in [6.45, 7) is 8.08. The monoisotopic (exact) mass is 294 g/mol. The Morgan fingerprint density at radius 1 is 1.09 bits per heavy atom. The van der Waals surface area contributed by atoms with Crippen molar-refractivity contribution in [2.75, 3.05) is 0 Å². The molecule has 0 radical (unpaired) electrons. The van der Waals surface area contributed by atoms with Crippen LogP contribution in [0.5, 0.6) is 0 Å². The summed E-state index contributed by atoms with van der Waals surface area (Å²) in [5.41, 5.74) is 5.42. The van der Waals surface area contributed by atoms with Gasteiger partial charge in [0.2, 0.25) is 0 Å². The number of hydrogen-bond donors (Lipinski definition) is 0. The highest BCUT2D eigenvalue weighted by molar-refractivity contribution is 5.81. The summed E-state index contributed by atoms with van der Waals surface area (Å²) in [5.74, 6) is 0.576. The summed E-state index contributed by atoms with van der Waals surface area (Å²) < 4.78 is 3.36. The van der Waals surface area contributed by atoms with Gasteiger partial charge in [0, 0.05) is 5.69 Å². The number of aryl methyl sites for hydroxylation is 4. The van der Waals surface area contributed by atoms with Crippen molar-refractivity contribution in [2.45, 2.75) is 27.7 Å². The first kappa shape index (κ1) is 14.2. The van der Waals surface area contributed by atoms with Crippen molar-refractivity contribution >= 4 is 6.21 Å². The van der Waals surface area contributed by atoms with Crippen molar-refractivity contribution in [2.24, 2.45) is 5.10 Å². The molecule has 0 aliphatic rings. The summed E-state index contributed by atoms with van der Waals surface area (Å²) in [6, 6.07) is 8.26. The van der Waals surface area contributed by atoms with Gasteiger partial charge in [0.15, 0.2) is 0 Å². The van der Waals surface area contributed by atoms with E-state index in [1.807, 2.05) is 26.1 Å². The van der Waals surface area contributed by atoms with Crippen LogP contribution in [0.15, 0.2) is 35.7 Å². The van der Waals surface area contributed by atoms with Crippen LogP contribution < -0.4 is 0 Å². The maximum absolute atomic E-state index is 4.46. The van der Waals surface area contributed by atoms with Crippen LogP contribution in [0.4, 0.5) is 0 Å². The van der Waals surface area contributed by atoms with Crippen LogP contribution in [-0.2, 0) is 0 Å². The van der Waals surface area contributed by atoms with Crippen LogP contribution in [0.2, 0.25) is 0 Å². The highest BCUT2D eigenvalue weighted by Crippen LogP contribution is 2.11. The standard InChI is InChI=1S/C16H18N6/c1-11-5-6-15(12(2)7-11)9-18-21-10-17-19-16(21)22-14(4)8-13(3)20-22/h5-10H,1-4H3/b18-9-. The molecular weight excluding hydrogens is 276 g/mol. The van der Waals surface area contributed by atoms with Crippen LogP contribution in [0.25, 0.3) is 5.95 Å². The zero-order valence-electron chi connectivity index (χ0n) is 13.1. The normalized spacial score (nSPS) is 11.5. The van der Waals surface area contributed by atoms with Crippen LogP contribution in [0.3, 0.4) is 0 Å². The average molecular weight is 294 g/mol. The summed E-state index contributed by atoms with van der Waals surface area (Å²) in [7, 11) is 0. The second-order valence-corrected chi connectivity index (χ2v) is 5.42. The van der Waals surface area contributed by atoms with Gasteiger partial charge in [0.25, 0.3) is 5.95 Å². The third-order valence-corrected chi connectivity index (χ3v) is 3.46. The molecule has 0 aliphatic heterocycles. The molecule has 3 rings (SSSR count). The van der Waals surface area contributed by atoms with E-state index >= 15 is 0 Å². The molecule has 3 aromatic rings. The van der Waals surface area contributed by atoms with Gasteiger partial charge in [-0.15, -0.1) is 10.2 Å². The molecule has 6 heteroatoms. The van der Waals surface area contributed by atoms with Crippen molar-refractivity contribution in [1.82, 2.24) is 24.7 Å². The first-order valence-corrected chi connectivity index (χ1v) is 7.10. The molecule has 22 heavy (non-hydrogen) atoms. The Morgan fingerprint density at radius 3 is 2.59 bits per heavy atom. The molecule has 1 aromatic carbocycles. The Morgan fingerprint density at radius 2 is 1.91 bits per heavy atom. The van der Waals surface area contributed by atoms with Crippen LogP contribution in [0.1, 0.15) is 28.1 Å².